The Bertz CT molecular complexity index is 415. The van der Waals surface area contributed by atoms with Crippen LogP contribution in [0.3, 0.4) is 0 Å². The topological polar surface area (TPSA) is 70.2 Å². The number of carbonyl (C=O) groups excluding carboxylic acids is 2. The fourth-order valence-electron chi connectivity index (χ4n) is 1.59. The van der Waals surface area contributed by atoms with E-state index in [4.69, 9.17) is 0 Å². The van der Waals surface area contributed by atoms with Gasteiger partial charge >= 0.3 is 6.03 Å². The zero-order valence-electron chi connectivity index (χ0n) is 11.5. The first-order valence-electron chi connectivity index (χ1n) is 6.54. The molecule has 0 radical (unpaired) electrons. The molecule has 0 saturated carbocycles. The molecule has 3 N–H and O–H groups in total. The minimum Gasteiger partial charge on any atom is -0.338 e. The molecule has 3 amide bonds. The van der Waals surface area contributed by atoms with Gasteiger partial charge in [0.15, 0.2) is 0 Å². The first kappa shape index (κ1) is 15.0. The number of rotatable bonds is 6. The van der Waals surface area contributed by atoms with Gasteiger partial charge in [-0.1, -0.05) is 19.8 Å². The Hall–Kier alpha value is -2.04. The van der Waals surface area contributed by atoms with Crippen LogP contribution in [0.15, 0.2) is 24.3 Å². The van der Waals surface area contributed by atoms with Gasteiger partial charge in [0, 0.05) is 24.8 Å². The van der Waals surface area contributed by atoms with Crippen LogP contribution in [-0.2, 0) is 4.79 Å². The molecule has 0 aromatic heterocycles. The minimum absolute atomic E-state index is 0.116. The van der Waals surface area contributed by atoms with E-state index < -0.39 is 0 Å². The molecule has 0 atom stereocenters. The highest BCUT2D eigenvalue weighted by Gasteiger charge is 2.01. The Morgan fingerprint density at radius 1 is 1.00 bits per heavy atom. The van der Waals surface area contributed by atoms with Gasteiger partial charge in [0.2, 0.25) is 5.91 Å². The van der Waals surface area contributed by atoms with Gasteiger partial charge in [-0.2, -0.15) is 0 Å². The largest absolute Gasteiger partial charge is 0.338 e. The van der Waals surface area contributed by atoms with Crippen molar-refractivity contribution in [3.63, 3.8) is 0 Å². The molecule has 5 heteroatoms. The first-order valence-corrected chi connectivity index (χ1v) is 6.54. The summed E-state index contributed by atoms with van der Waals surface area (Å²) >= 11 is 0. The van der Waals surface area contributed by atoms with Crippen LogP contribution in [0.1, 0.15) is 33.1 Å². The molecule has 0 aliphatic carbocycles. The minimum atomic E-state index is -0.205. The van der Waals surface area contributed by atoms with Crippen LogP contribution in [0.25, 0.3) is 0 Å². The summed E-state index contributed by atoms with van der Waals surface area (Å²) in [5, 5.41) is 8.20. The summed E-state index contributed by atoms with van der Waals surface area (Å²) in [6, 6.07) is 6.78. The molecular weight excluding hydrogens is 242 g/mol. The molecule has 0 fully saturated rings. The standard InChI is InChI=1S/C14H21N3O2/c1-3-4-5-10-15-14(19)17-13-8-6-12(7-9-13)16-11(2)18/h6-9H,3-5,10H2,1-2H3,(H,16,18)(H2,15,17,19). The van der Waals surface area contributed by atoms with Gasteiger partial charge in [0.25, 0.3) is 0 Å². The lowest BCUT2D eigenvalue weighted by Gasteiger charge is -2.08. The Kier molecular flexibility index (Phi) is 6.43. The Morgan fingerprint density at radius 3 is 2.11 bits per heavy atom. The summed E-state index contributed by atoms with van der Waals surface area (Å²) in [5.74, 6) is -0.116. The third-order valence-electron chi connectivity index (χ3n) is 2.53. The molecule has 0 saturated heterocycles. The van der Waals surface area contributed by atoms with Crippen molar-refractivity contribution in [2.24, 2.45) is 0 Å². The summed E-state index contributed by atoms with van der Waals surface area (Å²) in [4.78, 5) is 22.4. The number of unbranched alkanes of at least 4 members (excludes halogenated alkanes) is 2. The van der Waals surface area contributed by atoms with E-state index in [1.165, 1.54) is 6.92 Å². The third-order valence-corrected chi connectivity index (χ3v) is 2.53. The number of hydrogen-bond acceptors (Lipinski definition) is 2. The molecule has 19 heavy (non-hydrogen) atoms. The van der Waals surface area contributed by atoms with Crippen molar-refractivity contribution in [3.8, 4) is 0 Å². The maximum Gasteiger partial charge on any atom is 0.319 e. The number of carbonyl (C=O) groups is 2. The van der Waals surface area contributed by atoms with Crippen molar-refractivity contribution in [3.05, 3.63) is 24.3 Å². The third kappa shape index (κ3) is 6.45. The summed E-state index contributed by atoms with van der Waals surface area (Å²) in [6.07, 6.45) is 3.24. The summed E-state index contributed by atoms with van der Waals surface area (Å²) in [7, 11) is 0. The normalized spacial score (nSPS) is 9.79. The van der Waals surface area contributed by atoms with E-state index >= 15 is 0 Å². The summed E-state index contributed by atoms with van der Waals surface area (Å²) in [6.45, 7) is 4.26. The van der Waals surface area contributed by atoms with Crippen LogP contribution >= 0.6 is 0 Å². The van der Waals surface area contributed by atoms with Gasteiger partial charge < -0.3 is 16.0 Å². The van der Waals surface area contributed by atoms with Gasteiger partial charge in [-0.05, 0) is 30.7 Å². The van der Waals surface area contributed by atoms with E-state index in [-0.39, 0.29) is 11.9 Å². The van der Waals surface area contributed by atoms with E-state index in [0.717, 1.165) is 19.3 Å². The monoisotopic (exact) mass is 263 g/mol. The number of anilines is 2. The molecule has 1 aromatic rings. The van der Waals surface area contributed by atoms with Crippen molar-refractivity contribution in [1.82, 2.24) is 5.32 Å². The van der Waals surface area contributed by atoms with Crippen molar-refractivity contribution in [2.75, 3.05) is 17.2 Å². The van der Waals surface area contributed by atoms with Crippen LogP contribution in [0.2, 0.25) is 0 Å². The fraction of sp³-hybridized carbons (Fsp3) is 0.429. The van der Waals surface area contributed by atoms with Gasteiger partial charge in [-0.3, -0.25) is 4.79 Å². The fourth-order valence-corrected chi connectivity index (χ4v) is 1.59. The highest BCUT2D eigenvalue weighted by molar-refractivity contribution is 5.91. The highest BCUT2D eigenvalue weighted by Crippen LogP contribution is 2.13. The lowest BCUT2D eigenvalue weighted by atomic mass is 10.2. The molecule has 1 rings (SSSR count). The van der Waals surface area contributed by atoms with Crippen molar-refractivity contribution in [1.29, 1.82) is 0 Å². The summed E-state index contributed by atoms with van der Waals surface area (Å²) < 4.78 is 0. The molecule has 0 unspecified atom stereocenters. The zero-order chi connectivity index (χ0) is 14.1. The van der Waals surface area contributed by atoms with Crippen molar-refractivity contribution >= 4 is 23.3 Å². The van der Waals surface area contributed by atoms with E-state index in [9.17, 15) is 9.59 Å². The van der Waals surface area contributed by atoms with Gasteiger partial charge in [-0.15, -0.1) is 0 Å². The Labute approximate surface area is 113 Å². The molecule has 1 aromatic carbocycles. The second-order valence-electron chi connectivity index (χ2n) is 4.35. The maximum absolute atomic E-state index is 11.5. The van der Waals surface area contributed by atoms with E-state index in [1.54, 1.807) is 24.3 Å². The second kappa shape index (κ2) is 8.13. The summed E-state index contributed by atoms with van der Waals surface area (Å²) in [5.41, 5.74) is 1.41. The smallest absolute Gasteiger partial charge is 0.319 e. The Balaban J connectivity index is 2.36. The van der Waals surface area contributed by atoms with Crippen LogP contribution < -0.4 is 16.0 Å². The predicted octanol–water partition coefficient (Wildman–Crippen LogP) is 2.96. The van der Waals surface area contributed by atoms with Gasteiger partial charge in [0.1, 0.15) is 0 Å². The highest BCUT2D eigenvalue weighted by atomic mass is 16.2. The predicted molar refractivity (Wildman–Crippen MR) is 77.3 cm³/mol. The van der Waals surface area contributed by atoms with Gasteiger partial charge in [0.05, 0.1) is 0 Å². The molecule has 0 bridgehead atoms. The number of urea groups is 1. The van der Waals surface area contributed by atoms with E-state index in [0.29, 0.717) is 17.9 Å². The lowest BCUT2D eigenvalue weighted by Crippen LogP contribution is -2.29. The lowest BCUT2D eigenvalue weighted by molar-refractivity contribution is -0.114. The first-order chi connectivity index (χ1) is 9.11. The second-order valence-corrected chi connectivity index (χ2v) is 4.35. The molecule has 104 valence electrons. The number of amides is 3. The average Bonchev–Trinajstić information content (AvgIpc) is 2.36. The van der Waals surface area contributed by atoms with E-state index in [1.807, 2.05) is 0 Å². The van der Waals surface area contributed by atoms with Crippen molar-refractivity contribution in [2.45, 2.75) is 33.1 Å². The van der Waals surface area contributed by atoms with E-state index in [2.05, 4.69) is 22.9 Å². The number of nitrogens with one attached hydrogen (secondary N) is 3. The van der Waals surface area contributed by atoms with Crippen LogP contribution in [-0.4, -0.2) is 18.5 Å². The maximum atomic E-state index is 11.5. The molecule has 0 aliphatic rings. The Morgan fingerprint density at radius 2 is 1.58 bits per heavy atom. The molecule has 0 spiro atoms. The molecule has 0 aliphatic heterocycles. The van der Waals surface area contributed by atoms with Crippen LogP contribution in [0.5, 0.6) is 0 Å². The SMILES string of the molecule is CCCCCNC(=O)Nc1ccc(NC(C)=O)cc1. The number of hydrogen-bond donors (Lipinski definition) is 3. The van der Waals surface area contributed by atoms with Gasteiger partial charge in [-0.25, -0.2) is 4.79 Å². The molecule has 5 nitrogen and oxygen atoms in total. The van der Waals surface area contributed by atoms with Crippen LogP contribution in [0, 0.1) is 0 Å². The average molecular weight is 263 g/mol. The molecular formula is C14H21N3O2. The molecule has 0 heterocycles. The zero-order valence-corrected chi connectivity index (χ0v) is 11.5. The van der Waals surface area contributed by atoms with Crippen LogP contribution in [0.4, 0.5) is 16.2 Å². The van der Waals surface area contributed by atoms with Crippen molar-refractivity contribution < 1.29 is 9.59 Å². The quantitative estimate of drug-likeness (QED) is 0.690. The number of benzene rings is 1.